The maximum atomic E-state index is 5.64. The lowest BCUT2D eigenvalue weighted by atomic mass is 9.96. The summed E-state index contributed by atoms with van der Waals surface area (Å²) in [5.41, 5.74) is 8.59. The molecule has 0 radical (unpaired) electrons. The van der Waals surface area contributed by atoms with Crippen LogP contribution in [0.3, 0.4) is 0 Å². The Hall–Kier alpha value is -1.94. The average molecular weight is 268 g/mol. The second-order valence-corrected chi connectivity index (χ2v) is 5.55. The van der Waals surface area contributed by atoms with E-state index >= 15 is 0 Å². The molecule has 104 valence electrons. The lowest BCUT2D eigenvalue weighted by Gasteiger charge is -2.18. The quantitative estimate of drug-likeness (QED) is 0.649. The van der Waals surface area contributed by atoms with Crippen LogP contribution in [0.2, 0.25) is 0 Å². The molecular weight excluding hydrogens is 248 g/mol. The van der Waals surface area contributed by atoms with Gasteiger partial charge in [-0.3, -0.25) is 0 Å². The zero-order valence-electron chi connectivity index (χ0n) is 12.0. The van der Waals surface area contributed by atoms with Gasteiger partial charge in [0.2, 0.25) is 0 Å². The Morgan fingerprint density at radius 3 is 2.40 bits per heavy atom. The number of nitrogens with one attached hydrogen (secondary N) is 1. The molecule has 1 aromatic carbocycles. The molecule has 4 nitrogen and oxygen atoms in total. The van der Waals surface area contributed by atoms with E-state index < -0.39 is 0 Å². The van der Waals surface area contributed by atoms with Gasteiger partial charge in [-0.05, 0) is 51.7 Å². The van der Waals surface area contributed by atoms with Gasteiger partial charge in [-0.2, -0.15) is 0 Å². The number of nitrogens with zero attached hydrogens (tertiary/aromatic N) is 2. The Balaban J connectivity index is 2.14. The van der Waals surface area contributed by atoms with Crippen LogP contribution in [0.25, 0.3) is 11.4 Å². The first-order chi connectivity index (χ1) is 9.67. The zero-order chi connectivity index (χ0) is 14.1. The van der Waals surface area contributed by atoms with E-state index in [2.05, 4.69) is 42.5 Å². The molecule has 0 bridgehead atoms. The van der Waals surface area contributed by atoms with E-state index in [1.165, 1.54) is 29.5 Å². The number of hydrazine groups is 1. The molecule has 0 fully saturated rings. The number of hydrogen-bond donors (Lipinski definition) is 2. The molecule has 0 amide bonds. The average Bonchev–Trinajstić information content (AvgIpc) is 2.45. The first kappa shape index (κ1) is 13.1. The molecule has 2 aromatic rings. The van der Waals surface area contributed by atoms with E-state index in [1.54, 1.807) is 0 Å². The fourth-order valence-corrected chi connectivity index (χ4v) is 2.95. The summed E-state index contributed by atoms with van der Waals surface area (Å²) in [6, 6.07) is 6.40. The van der Waals surface area contributed by atoms with E-state index in [9.17, 15) is 0 Å². The second-order valence-electron chi connectivity index (χ2n) is 5.55. The first-order valence-electron chi connectivity index (χ1n) is 7.12. The van der Waals surface area contributed by atoms with Crippen LogP contribution in [0, 0.1) is 13.8 Å². The van der Waals surface area contributed by atoms with E-state index in [4.69, 9.17) is 10.8 Å². The van der Waals surface area contributed by atoms with E-state index in [0.717, 1.165) is 35.7 Å². The lowest BCUT2D eigenvalue weighted by molar-refractivity contribution is 0.665. The van der Waals surface area contributed by atoms with Crippen LogP contribution in [0.15, 0.2) is 18.2 Å². The van der Waals surface area contributed by atoms with Gasteiger partial charge in [0.15, 0.2) is 5.82 Å². The van der Waals surface area contributed by atoms with Crippen molar-refractivity contribution in [3.05, 3.63) is 40.6 Å². The molecule has 3 N–H and O–H groups in total. The summed E-state index contributed by atoms with van der Waals surface area (Å²) in [6.07, 6.45) is 4.42. The highest BCUT2D eigenvalue weighted by Crippen LogP contribution is 2.28. The Morgan fingerprint density at radius 2 is 1.70 bits per heavy atom. The Morgan fingerprint density at radius 1 is 1.00 bits per heavy atom. The standard InChI is InChI=1S/C16H20N4/c1-10-7-11(2)9-12(8-10)15-18-14-6-4-3-5-13(14)16(19-15)20-17/h7-9H,3-6,17H2,1-2H3,(H,18,19,20). The van der Waals surface area contributed by atoms with Gasteiger partial charge in [0.25, 0.3) is 0 Å². The summed E-state index contributed by atoms with van der Waals surface area (Å²) < 4.78 is 0. The molecule has 3 rings (SSSR count). The summed E-state index contributed by atoms with van der Waals surface area (Å²) in [5, 5.41) is 0. The highest BCUT2D eigenvalue weighted by Gasteiger charge is 2.18. The number of nitrogen functional groups attached to an aromatic ring is 1. The summed E-state index contributed by atoms with van der Waals surface area (Å²) in [4.78, 5) is 9.38. The lowest BCUT2D eigenvalue weighted by Crippen LogP contribution is -2.17. The highest BCUT2D eigenvalue weighted by atomic mass is 15.3. The monoisotopic (exact) mass is 268 g/mol. The third kappa shape index (κ3) is 2.39. The van der Waals surface area contributed by atoms with Gasteiger partial charge >= 0.3 is 0 Å². The minimum atomic E-state index is 0.769. The number of hydrogen-bond acceptors (Lipinski definition) is 4. The van der Waals surface area contributed by atoms with Crippen LogP contribution >= 0.6 is 0 Å². The number of aromatic nitrogens is 2. The molecule has 0 atom stereocenters. The van der Waals surface area contributed by atoms with Gasteiger partial charge < -0.3 is 5.43 Å². The van der Waals surface area contributed by atoms with E-state index in [0.29, 0.717) is 0 Å². The molecule has 4 heteroatoms. The molecule has 0 aliphatic heterocycles. The third-order valence-corrected chi connectivity index (χ3v) is 3.80. The third-order valence-electron chi connectivity index (χ3n) is 3.80. The van der Waals surface area contributed by atoms with Crippen molar-refractivity contribution in [1.82, 2.24) is 9.97 Å². The van der Waals surface area contributed by atoms with Crippen molar-refractivity contribution < 1.29 is 0 Å². The summed E-state index contributed by atoms with van der Waals surface area (Å²) in [7, 11) is 0. The van der Waals surface area contributed by atoms with Gasteiger partial charge in [-0.25, -0.2) is 15.8 Å². The number of aryl methyl sites for hydroxylation is 3. The molecule has 20 heavy (non-hydrogen) atoms. The molecule has 0 unspecified atom stereocenters. The minimum Gasteiger partial charge on any atom is -0.308 e. The van der Waals surface area contributed by atoms with E-state index in [-0.39, 0.29) is 0 Å². The first-order valence-corrected chi connectivity index (χ1v) is 7.12. The van der Waals surface area contributed by atoms with Crippen molar-refractivity contribution in [2.75, 3.05) is 5.43 Å². The van der Waals surface area contributed by atoms with Crippen LogP contribution in [0.1, 0.15) is 35.2 Å². The smallest absolute Gasteiger partial charge is 0.161 e. The molecule has 1 aromatic heterocycles. The van der Waals surface area contributed by atoms with Crippen molar-refractivity contribution >= 4 is 5.82 Å². The van der Waals surface area contributed by atoms with Gasteiger partial charge in [-0.1, -0.05) is 17.2 Å². The van der Waals surface area contributed by atoms with Crippen LogP contribution in [0.5, 0.6) is 0 Å². The highest BCUT2D eigenvalue weighted by molar-refractivity contribution is 5.61. The van der Waals surface area contributed by atoms with Crippen molar-refractivity contribution in [2.45, 2.75) is 39.5 Å². The molecule has 0 saturated heterocycles. The SMILES string of the molecule is Cc1cc(C)cc(-c2nc3c(c(NN)n2)CCCC3)c1. The van der Waals surface area contributed by atoms with Crippen molar-refractivity contribution in [3.8, 4) is 11.4 Å². The molecule has 0 spiro atoms. The Kier molecular flexibility index (Phi) is 3.40. The zero-order valence-corrected chi connectivity index (χ0v) is 12.0. The normalized spacial score (nSPS) is 13.9. The predicted octanol–water partition coefficient (Wildman–Crippen LogP) is 2.92. The van der Waals surface area contributed by atoms with Crippen LogP contribution in [0.4, 0.5) is 5.82 Å². The number of benzene rings is 1. The summed E-state index contributed by atoms with van der Waals surface area (Å²) in [6.45, 7) is 4.19. The number of anilines is 1. The molecule has 0 saturated carbocycles. The summed E-state index contributed by atoms with van der Waals surface area (Å²) in [5.74, 6) is 7.19. The van der Waals surface area contributed by atoms with Gasteiger partial charge in [-0.15, -0.1) is 0 Å². The van der Waals surface area contributed by atoms with Gasteiger partial charge in [0.05, 0.1) is 0 Å². The van der Waals surface area contributed by atoms with Crippen LogP contribution in [-0.4, -0.2) is 9.97 Å². The number of fused-ring (bicyclic) bond motifs is 1. The molecule has 1 aliphatic rings. The second kappa shape index (κ2) is 5.21. The predicted molar refractivity (Wildman–Crippen MR) is 81.4 cm³/mol. The molecular formula is C16H20N4. The minimum absolute atomic E-state index is 0.769. The van der Waals surface area contributed by atoms with Crippen LogP contribution in [-0.2, 0) is 12.8 Å². The van der Waals surface area contributed by atoms with Gasteiger partial charge in [0.1, 0.15) is 5.82 Å². The Bertz CT molecular complexity index is 612. The molecule has 1 aliphatic carbocycles. The Labute approximate surface area is 119 Å². The fourth-order valence-electron chi connectivity index (χ4n) is 2.95. The van der Waals surface area contributed by atoms with Crippen molar-refractivity contribution in [1.29, 1.82) is 0 Å². The van der Waals surface area contributed by atoms with Crippen molar-refractivity contribution in [3.63, 3.8) is 0 Å². The van der Waals surface area contributed by atoms with E-state index in [1.807, 2.05) is 0 Å². The number of rotatable bonds is 2. The largest absolute Gasteiger partial charge is 0.308 e. The maximum Gasteiger partial charge on any atom is 0.161 e. The summed E-state index contributed by atoms with van der Waals surface area (Å²) >= 11 is 0. The molecule has 1 heterocycles. The van der Waals surface area contributed by atoms with Gasteiger partial charge in [0, 0.05) is 16.8 Å². The van der Waals surface area contributed by atoms with Crippen LogP contribution < -0.4 is 11.3 Å². The fraction of sp³-hybridized carbons (Fsp3) is 0.375. The topological polar surface area (TPSA) is 63.8 Å². The van der Waals surface area contributed by atoms with Crippen molar-refractivity contribution in [2.24, 2.45) is 5.84 Å². The number of nitrogens with two attached hydrogens (primary N) is 1. The maximum absolute atomic E-state index is 5.64.